The molecule has 0 aliphatic carbocycles. The van der Waals surface area contributed by atoms with Crippen LogP contribution < -0.4 is 14.2 Å². The Morgan fingerprint density at radius 2 is 1.84 bits per heavy atom. The van der Waals surface area contributed by atoms with Crippen LogP contribution in [0, 0.1) is 0 Å². The zero-order valence-corrected chi connectivity index (χ0v) is 15.4. The van der Waals surface area contributed by atoms with E-state index in [2.05, 4.69) is 0 Å². The number of methoxy groups -OCH3 is 1. The van der Waals surface area contributed by atoms with Crippen molar-refractivity contribution in [3.8, 4) is 17.2 Å². The second-order valence-corrected chi connectivity index (χ2v) is 7.99. The minimum absolute atomic E-state index is 0.157. The quantitative estimate of drug-likeness (QED) is 0.794. The highest BCUT2D eigenvalue weighted by molar-refractivity contribution is 7.89. The first-order valence-electron chi connectivity index (χ1n) is 7.60. The number of hydrogen-bond acceptors (Lipinski definition) is 5. The Hall–Kier alpha value is -1.96. The number of hydrogen-bond donors (Lipinski definition) is 0. The molecule has 0 amide bonds. The van der Waals surface area contributed by atoms with Crippen molar-refractivity contribution in [2.75, 3.05) is 27.4 Å². The zero-order chi connectivity index (χ0) is 18.0. The average Bonchev–Trinajstić information content (AvgIpc) is 2.61. The molecule has 0 fully saturated rings. The fourth-order valence-corrected chi connectivity index (χ4v) is 3.97. The Morgan fingerprint density at radius 3 is 2.52 bits per heavy atom. The van der Waals surface area contributed by atoms with Crippen LogP contribution in [-0.4, -0.2) is 40.1 Å². The number of ether oxygens (including phenoxy) is 3. The minimum atomic E-state index is -3.63. The van der Waals surface area contributed by atoms with Gasteiger partial charge in [0.1, 0.15) is 19.0 Å². The second kappa shape index (κ2) is 7.11. The summed E-state index contributed by atoms with van der Waals surface area (Å²) < 4.78 is 42.7. The third-order valence-corrected chi connectivity index (χ3v) is 5.93. The Kier molecular flexibility index (Phi) is 5.08. The SMILES string of the molecule is COc1ccc(S(=O)(=O)N(C)Cc2cc(Cl)c3c(c2)OCCO3)cc1. The van der Waals surface area contributed by atoms with Crippen molar-refractivity contribution in [1.82, 2.24) is 4.31 Å². The van der Waals surface area contributed by atoms with Crippen LogP contribution >= 0.6 is 11.6 Å². The van der Waals surface area contributed by atoms with Crippen LogP contribution in [0.3, 0.4) is 0 Å². The standard InChI is InChI=1S/C17H18ClNO5S/c1-19(25(20,21)14-5-3-13(22-2)4-6-14)11-12-9-15(18)17-16(10-12)23-7-8-24-17/h3-6,9-10H,7-8,11H2,1-2H3. The number of benzene rings is 2. The molecule has 1 aliphatic heterocycles. The maximum Gasteiger partial charge on any atom is 0.243 e. The van der Waals surface area contributed by atoms with Gasteiger partial charge in [-0.2, -0.15) is 4.31 Å². The summed E-state index contributed by atoms with van der Waals surface area (Å²) in [4.78, 5) is 0.194. The van der Waals surface area contributed by atoms with Crippen molar-refractivity contribution in [3.63, 3.8) is 0 Å². The number of sulfonamides is 1. The normalized spacial score (nSPS) is 13.8. The van der Waals surface area contributed by atoms with Crippen molar-refractivity contribution in [1.29, 1.82) is 0 Å². The molecule has 25 heavy (non-hydrogen) atoms. The van der Waals surface area contributed by atoms with E-state index in [4.69, 9.17) is 25.8 Å². The Labute approximate surface area is 151 Å². The summed E-state index contributed by atoms with van der Waals surface area (Å²) in [7, 11) is -0.587. The highest BCUT2D eigenvalue weighted by Crippen LogP contribution is 2.38. The summed E-state index contributed by atoms with van der Waals surface area (Å²) in [5, 5.41) is 0.405. The van der Waals surface area contributed by atoms with Gasteiger partial charge in [-0.3, -0.25) is 0 Å². The summed E-state index contributed by atoms with van der Waals surface area (Å²) in [6.07, 6.45) is 0. The summed E-state index contributed by atoms with van der Waals surface area (Å²) in [5.41, 5.74) is 0.717. The molecule has 8 heteroatoms. The highest BCUT2D eigenvalue weighted by atomic mass is 35.5. The molecular weight excluding hydrogens is 366 g/mol. The van der Waals surface area contributed by atoms with Gasteiger partial charge >= 0.3 is 0 Å². The van der Waals surface area contributed by atoms with Crippen molar-refractivity contribution in [2.24, 2.45) is 0 Å². The van der Waals surface area contributed by atoms with Crippen LogP contribution in [0.25, 0.3) is 0 Å². The lowest BCUT2D eigenvalue weighted by Gasteiger charge is -2.22. The first-order chi connectivity index (χ1) is 11.9. The molecule has 3 rings (SSSR count). The molecular formula is C17H18ClNO5S. The van der Waals surface area contributed by atoms with Gasteiger partial charge in [-0.05, 0) is 42.0 Å². The van der Waals surface area contributed by atoms with E-state index in [-0.39, 0.29) is 11.4 Å². The molecule has 0 bridgehead atoms. The van der Waals surface area contributed by atoms with Crippen molar-refractivity contribution in [3.05, 3.63) is 47.0 Å². The zero-order valence-electron chi connectivity index (χ0n) is 13.9. The predicted octanol–water partition coefficient (Wildman–Crippen LogP) is 2.94. The molecule has 0 unspecified atom stereocenters. The van der Waals surface area contributed by atoms with E-state index in [1.807, 2.05) is 0 Å². The van der Waals surface area contributed by atoms with E-state index in [1.54, 1.807) is 24.3 Å². The van der Waals surface area contributed by atoms with Crippen LogP contribution in [-0.2, 0) is 16.6 Å². The molecule has 2 aromatic rings. The van der Waals surface area contributed by atoms with Gasteiger partial charge in [-0.15, -0.1) is 0 Å². The number of halogens is 1. The topological polar surface area (TPSA) is 65.1 Å². The van der Waals surface area contributed by atoms with Gasteiger partial charge in [-0.1, -0.05) is 11.6 Å². The number of rotatable bonds is 5. The summed E-state index contributed by atoms with van der Waals surface area (Å²) >= 11 is 6.21. The maximum absolute atomic E-state index is 12.7. The van der Waals surface area contributed by atoms with Gasteiger partial charge in [0, 0.05) is 13.6 Å². The molecule has 6 nitrogen and oxygen atoms in total. The second-order valence-electron chi connectivity index (χ2n) is 5.54. The van der Waals surface area contributed by atoms with Crippen molar-refractivity contribution in [2.45, 2.75) is 11.4 Å². The van der Waals surface area contributed by atoms with E-state index in [0.29, 0.717) is 41.0 Å². The molecule has 0 saturated heterocycles. The highest BCUT2D eigenvalue weighted by Gasteiger charge is 2.23. The lowest BCUT2D eigenvalue weighted by Crippen LogP contribution is -2.26. The third kappa shape index (κ3) is 3.68. The summed E-state index contributed by atoms with van der Waals surface area (Å²) in [6, 6.07) is 9.70. The largest absolute Gasteiger partial charge is 0.497 e. The van der Waals surface area contributed by atoms with Gasteiger partial charge in [0.15, 0.2) is 11.5 Å². The lowest BCUT2D eigenvalue weighted by molar-refractivity contribution is 0.171. The molecule has 0 N–H and O–H groups in total. The molecule has 0 aromatic heterocycles. The molecule has 0 saturated carbocycles. The first-order valence-corrected chi connectivity index (χ1v) is 9.42. The van der Waals surface area contributed by atoms with E-state index in [9.17, 15) is 8.42 Å². The van der Waals surface area contributed by atoms with Crippen molar-refractivity contribution < 1.29 is 22.6 Å². The molecule has 0 radical (unpaired) electrons. The van der Waals surface area contributed by atoms with Crippen LogP contribution in [0.4, 0.5) is 0 Å². The number of nitrogens with zero attached hydrogens (tertiary/aromatic N) is 1. The predicted molar refractivity (Wildman–Crippen MR) is 94.1 cm³/mol. The van der Waals surface area contributed by atoms with Crippen LogP contribution in [0.15, 0.2) is 41.3 Å². The smallest absolute Gasteiger partial charge is 0.243 e. The first kappa shape index (κ1) is 17.8. The molecule has 134 valence electrons. The lowest BCUT2D eigenvalue weighted by atomic mass is 10.2. The van der Waals surface area contributed by atoms with Crippen LogP contribution in [0.2, 0.25) is 5.02 Å². The van der Waals surface area contributed by atoms with E-state index in [1.165, 1.54) is 30.6 Å². The maximum atomic E-state index is 12.7. The van der Waals surface area contributed by atoms with Gasteiger partial charge in [0.2, 0.25) is 10.0 Å². The van der Waals surface area contributed by atoms with Gasteiger partial charge < -0.3 is 14.2 Å². The van der Waals surface area contributed by atoms with E-state index >= 15 is 0 Å². The Balaban J connectivity index is 1.83. The van der Waals surface area contributed by atoms with Crippen LogP contribution in [0.5, 0.6) is 17.2 Å². The fourth-order valence-electron chi connectivity index (χ4n) is 2.53. The summed E-state index contributed by atoms with van der Waals surface area (Å²) in [6.45, 7) is 1.04. The van der Waals surface area contributed by atoms with Crippen molar-refractivity contribution >= 4 is 21.6 Å². The van der Waals surface area contributed by atoms with E-state index < -0.39 is 10.0 Å². The van der Waals surface area contributed by atoms with Gasteiger partial charge in [0.05, 0.1) is 17.0 Å². The minimum Gasteiger partial charge on any atom is -0.497 e. The molecule has 0 atom stereocenters. The number of fused-ring (bicyclic) bond motifs is 1. The molecule has 0 spiro atoms. The Morgan fingerprint density at radius 1 is 1.16 bits per heavy atom. The molecule has 1 heterocycles. The average molecular weight is 384 g/mol. The van der Waals surface area contributed by atoms with Crippen LogP contribution in [0.1, 0.15) is 5.56 Å². The van der Waals surface area contributed by atoms with Gasteiger partial charge in [0.25, 0.3) is 0 Å². The third-order valence-electron chi connectivity index (χ3n) is 3.83. The fraction of sp³-hybridized carbons (Fsp3) is 0.294. The Bertz CT molecular complexity index is 867. The molecule has 1 aliphatic rings. The summed E-state index contributed by atoms with van der Waals surface area (Å²) in [5.74, 6) is 1.63. The molecule has 2 aromatic carbocycles. The van der Waals surface area contributed by atoms with Gasteiger partial charge in [-0.25, -0.2) is 8.42 Å². The van der Waals surface area contributed by atoms with E-state index in [0.717, 1.165) is 0 Å². The monoisotopic (exact) mass is 383 g/mol.